The molecule has 0 saturated heterocycles. The van der Waals surface area contributed by atoms with E-state index in [-0.39, 0.29) is 31.0 Å². The molecule has 0 spiro atoms. The summed E-state index contributed by atoms with van der Waals surface area (Å²) in [6.45, 7) is 0.899. The lowest BCUT2D eigenvalue weighted by atomic mass is 10.2. The number of nitro benzene ring substituents is 1. The van der Waals surface area contributed by atoms with Gasteiger partial charge in [-0.25, -0.2) is 8.42 Å². The van der Waals surface area contributed by atoms with Crippen LogP contribution in [0.25, 0.3) is 0 Å². The van der Waals surface area contributed by atoms with Crippen molar-refractivity contribution in [1.29, 1.82) is 0 Å². The van der Waals surface area contributed by atoms with Gasteiger partial charge in [-0.3, -0.25) is 19.2 Å². The van der Waals surface area contributed by atoms with Gasteiger partial charge in [-0.15, -0.1) is 0 Å². The van der Waals surface area contributed by atoms with Gasteiger partial charge in [0.15, 0.2) is 11.5 Å². The third-order valence-electron chi connectivity index (χ3n) is 4.32. The van der Waals surface area contributed by atoms with Crippen LogP contribution in [0.1, 0.15) is 12.8 Å². The van der Waals surface area contributed by atoms with Crippen LogP contribution in [-0.2, 0) is 14.8 Å². The summed E-state index contributed by atoms with van der Waals surface area (Å²) < 4.78 is 36.7. The molecule has 0 atom stereocenters. The quantitative estimate of drug-likeness (QED) is 0.498. The lowest BCUT2D eigenvalue weighted by Crippen LogP contribution is -2.31. The molecule has 0 fully saturated rings. The number of nitro groups is 1. The van der Waals surface area contributed by atoms with Gasteiger partial charge in [0.2, 0.25) is 15.9 Å². The molecule has 1 amide bonds. The predicted octanol–water partition coefficient (Wildman–Crippen LogP) is 2.55. The van der Waals surface area contributed by atoms with Crippen LogP contribution in [0.4, 0.5) is 17.1 Å². The van der Waals surface area contributed by atoms with Crippen molar-refractivity contribution in [3.8, 4) is 11.5 Å². The molecule has 0 radical (unpaired) electrons. The average molecular weight is 435 g/mol. The van der Waals surface area contributed by atoms with E-state index in [0.717, 1.165) is 6.26 Å². The van der Waals surface area contributed by atoms with Crippen molar-refractivity contribution in [1.82, 2.24) is 0 Å². The number of anilines is 2. The van der Waals surface area contributed by atoms with E-state index in [2.05, 4.69) is 5.32 Å². The fourth-order valence-electron chi connectivity index (χ4n) is 2.98. The third-order valence-corrected chi connectivity index (χ3v) is 5.51. The van der Waals surface area contributed by atoms with Crippen molar-refractivity contribution in [3.05, 3.63) is 52.6 Å². The molecule has 2 aromatic carbocycles. The number of benzene rings is 2. The van der Waals surface area contributed by atoms with Crippen LogP contribution in [0.15, 0.2) is 42.5 Å². The van der Waals surface area contributed by atoms with E-state index in [9.17, 15) is 23.3 Å². The van der Waals surface area contributed by atoms with E-state index < -0.39 is 14.9 Å². The normalized spacial score (nSPS) is 12.8. The summed E-state index contributed by atoms with van der Waals surface area (Å²) in [7, 11) is -3.59. The number of nitrogens with zero attached hydrogens (tertiary/aromatic N) is 2. The number of carbonyl (C=O) groups is 1. The zero-order chi connectivity index (χ0) is 21.7. The number of rotatable bonds is 8. The topological polar surface area (TPSA) is 128 Å². The van der Waals surface area contributed by atoms with Gasteiger partial charge in [0.05, 0.1) is 16.9 Å². The minimum Gasteiger partial charge on any atom is -0.486 e. The number of hydrogen-bond donors (Lipinski definition) is 1. The second-order valence-corrected chi connectivity index (χ2v) is 8.53. The molecule has 2 aromatic rings. The Morgan fingerprint density at radius 2 is 1.90 bits per heavy atom. The van der Waals surface area contributed by atoms with Crippen LogP contribution < -0.4 is 19.1 Å². The van der Waals surface area contributed by atoms with E-state index in [1.807, 2.05) is 0 Å². The molecular weight excluding hydrogens is 414 g/mol. The predicted molar refractivity (Wildman–Crippen MR) is 111 cm³/mol. The van der Waals surface area contributed by atoms with Gasteiger partial charge < -0.3 is 14.8 Å². The van der Waals surface area contributed by atoms with Crippen LogP contribution in [0.5, 0.6) is 11.5 Å². The van der Waals surface area contributed by atoms with E-state index >= 15 is 0 Å². The smallest absolute Gasteiger partial charge is 0.271 e. The lowest BCUT2D eigenvalue weighted by molar-refractivity contribution is -0.384. The number of hydrogen-bond acceptors (Lipinski definition) is 7. The highest BCUT2D eigenvalue weighted by atomic mass is 32.2. The maximum absolute atomic E-state index is 12.3. The first kappa shape index (κ1) is 21.4. The minimum atomic E-state index is -3.59. The van der Waals surface area contributed by atoms with Crippen LogP contribution in [0.3, 0.4) is 0 Å². The zero-order valence-electron chi connectivity index (χ0n) is 16.2. The summed E-state index contributed by atoms with van der Waals surface area (Å²) in [6.07, 6.45) is 1.38. The Kier molecular flexibility index (Phi) is 6.40. The molecule has 1 heterocycles. The Hall–Kier alpha value is -3.34. The first-order valence-corrected chi connectivity index (χ1v) is 11.0. The van der Waals surface area contributed by atoms with E-state index in [4.69, 9.17) is 9.47 Å². The van der Waals surface area contributed by atoms with E-state index in [1.54, 1.807) is 24.3 Å². The van der Waals surface area contributed by atoms with E-state index in [1.165, 1.54) is 22.5 Å². The molecule has 11 heteroatoms. The SMILES string of the molecule is CS(=O)(=O)N(CCCC(=O)Nc1cccc([N+](=O)[O-])c1)c1ccc2c(c1)OCCO2. The summed E-state index contributed by atoms with van der Waals surface area (Å²) in [5, 5.41) is 13.4. The van der Waals surface area contributed by atoms with Crippen molar-refractivity contribution in [2.24, 2.45) is 0 Å². The van der Waals surface area contributed by atoms with Gasteiger partial charge in [0, 0.05) is 36.9 Å². The van der Waals surface area contributed by atoms with Crippen LogP contribution in [-0.4, -0.2) is 45.3 Å². The van der Waals surface area contributed by atoms with Crippen LogP contribution >= 0.6 is 0 Å². The highest BCUT2D eigenvalue weighted by Gasteiger charge is 2.21. The Bertz CT molecular complexity index is 1060. The number of nitrogens with one attached hydrogen (secondary N) is 1. The number of non-ortho nitro benzene ring substituents is 1. The van der Waals surface area contributed by atoms with Gasteiger partial charge in [0.1, 0.15) is 13.2 Å². The van der Waals surface area contributed by atoms with Crippen molar-refractivity contribution in [2.45, 2.75) is 12.8 Å². The molecular formula is C19H21N3O7S. The van der Waals surface area contributed by atoms with Gasteiger partial charge >= 0.3 is 0 Å². The van der Waals surface area contributed by atoms with Crippen LogP contribution in [0.2, 0.25) is 0 Å². The molecule has 0 bridgehead atoms. The second-order valence-electron chi connectivity index (χ2n) is 6.62. The average Bonchev–Trinajstić information content (AvgIpc) is 2.70. The Morgan fingerprint density at radius 1 is 1.17 bits per heavy atom. The second kappa shape index (κ2) is 8.99. The summed E-state index contributed by atoms with van der Waals surface area (Å²) >= 11 is 0. The molecule has 160 valence electrons. The molecule has 0 aliphatic carbocycles. The molecule has 0 aromatic heterocycles. The number of ether oxygens (including phenoxy) is 2. The number of amides is 1. The van der Waals surface area contributed by atoms with Crippen molar-refractivity contribution in [2.75, 3.05) is 35.6 Å². The molecule has 1 aliphatic rings. The molecule has 3 rings (SSSR count). The summed E-state index contributed by atoms with van der Waals surface area (Å²) in [4.78, 5) is 22.4. The summed E-state index contributed by atoms with van der Waals surface area (Å²) in [5.41, 5.74) is 0.594. The van der Waals surface area contributed by atoms with Crippen LogP contribution in [0, 0.1) is 10.1 Å². The standard InChI is InChI=1S/C19H21N3O7S/c1-30(26,27)21(15-7-8-17-18(13-15)29-11-10-28-17)9-3-6-19(23)20-14-4-2-5-16(12-14)22(24)25/h2,4-5,7-8,12-13H,3,6,9-11H2,1H3,(H,20,23). The van der Waals surface area contributed by atoms with Gasteiger partial charge in [-0.2, -0.15) is 0 Å². The van der Waals surface area contributed by atoms with Gasteiger partial charge in [-0.05, 0) is 24.6 Å². The number of carbonyl (C=O) groups excluding carboxylic acids is 1. The summed E-state index contributed by atoms with van der Waals surface area (Å²) in [6, 6.07) is 10.5. The maximum atomic E-state index is 12.3. The maximum Gasteiger partial charge on any atom is 0.271 e. The minimum absolute atomic E-state index is 0.0409. The van der Waals surface area contributed by atoms with Gasteiger partial charge in [0.25, 0.3) is 5.69 Å². The highest BCUT2D eigenvalue weighted by molar-refractivity contribution is 7.92. The third kappa shape index (κ3) is 5.38. The molecule has 30 heavy (non-hydrogen) atoms. The Morgan fingerprint density at radius 3 is 2.60 bits per heavy atom. The first-order chi connectivity index (χ1) is 14.2. The molecule has 0 unspecified atom stereocenters. The Balaban J connectivity index is 1.62. The van der Waals surface area contributed by atoms with Crippen molar-refractivity contribution < 1.29 is 27.6 Å². The molecule has 10 nitrogen and oxygen atoms in total. The lowest BCUT2D eigenvalue weighted by Gasteiger charge is -2.25. The first-order valence-electron chi connectivity index (χ1n) is 9.16. The highest BCUT2D eigenvalue weighted by Crippen LogP contribution is 2.34. The van der Waals surface area contributed by atoms with E-state index in [0.29, 0.717) is 36.1 Å². The molecule has 1 N–H and O–H groups in total. The largest absolute Gasteiger partial charge is 0.486 e. The summed E-state index contributed by atoms with van der Waals surface area (Å²) in [5.74, 6) is 0.650. The monoisotopic (exact) mass is 435 g/mol. The molecule has 1 aliphatic heterocycles. The number of sulfonamides is 1. The number of fused-ring (bicyclic) bond motifs is 1. The fourth-order valence-corrected chi connectivity index (χ4v) is 3.93. The van der Waals surface area contributed by atoms with Gasteiger partial charge in [-0.1, -0.05) is 6.07 Å². The Labute approximate surface area is 173 Å². The van der Waals surface area contributed by atoms with Crippen molar-refractivity contribution >= 4 is 33.0 Å². The fraction of sp³-hybridized carbons (Fsp3) is 0.316. The zero-order valence-corrected chi connectivity index (χ0v) is 17.1. The molecule has 0 saturated carbocycles. The van der Waals surface area contributed by atoms with Crippen molar-refractivity contribution in [3.63, 3.8) is 0 Å².